The Morgan fingerprint density at radius 2 is 1.79 bits per heavy atom. The lowest BCUT2D eigenvalue weighted by molar-refractivity contribution is -0.137. The van der Waals surface area contributed by atoms with Crippen molar-refractivity contribution in [3.63, 3.8) is 0 Å². The van der Waals surface area contributed by atoms with Crippen LogP contribution >= 0.6 is 11.8 Å². The van der Waals surface area contributed by atoms with E-state index in [0.29, 0.717) is 11.8 Å². The van der Waals surface area contributed by atoms with Gasteiger partial charge in [-0.15, -0.1) is 10.2 Å². The lowest BCUT2D eigenvalue weighted by Crippen LogP contribution is -2.30. The van der Waals surface area contributed by atoms with Crippen LogP contribution in [0.3, 0.4) is 0 Å². The van der Waals surface area contributed by atoms with Crippen LogP contribution in [0.4, 0.5) is 13.2 Å². The van der Waals surface area contributed by atoms with Crippen molar-refractivity contribution >= 4 is 11.8 Å². The van der Waals surface area contributed by atoms with Gasteiger partial charge in [-0.2, -0.15) is 13.2 Å². The predicted octanol–water partition coefficient (Wildman–Crippen LogP) is 5.00. The Morgan fingerprint density at radius 1 is 1.06 bits per heavy atom. The van der Waals surface area contributed by atoms with Crippen molar-refractivity contribution in [3.05, 3.63) is 41.2 Å². The molecule has 2 aliphatic heterocycles. The average Bonchev–Trinajstić information content (AvgIpc) is 3.16. The highest BCUT2D eigenvalue weighted by molar-refractivity contribution is 7.99. The van der Waals surface area contributed by atoms with E-state index in [1.54, 1.807) is 23.9 Å². The van der Waals surface area contributed by atoms with Crippen LogP contribution in [0.5, 0.6) is 0 Å². The molecule has 2 atom stereocenters. The lowest BCUT2D eigenvalue weighted by atomic mass is 9.96. The number of benzene rings is 1. The number of thioether (sulfide) groups is 1. The summed E-state index contributed by atoms with van der Waals surface area (Å²) in [6.45, 7) is 5.46. The molecule has 2 saturated heterocycles. The number of halogens is 3. The van der Waals surface area contributed by atoms with Crippen molar-refractivity contribution in [2.75, 3.05) is 45.5 Å². The molecule has 3 aliphatic rings. The summed E-state index contributed by atoms with van der Waals surface area (Å²) < 4.78 is 40.7. The summed E-state index contributed by atoms with van der Waals surface area (Å²) in [4.78, 5) is 4.91. The maximum atomic E-state index is 12.8. The second-order valence-electron chi connectivity index (χ2n) is 10.4. The minimum Gasteiger partial charge on any atom is -0.309 e. The van der Waals surface area contributed by atoms with E-state index >= 15 is 0 Å². The van der Waals surface area contributed by atoms with Gasteiger partial charge < -0.3 is 14.4 Å². The molecule has 3 heterocycles. The number of likely N-dealkylation sites (tertiary alicyclic amines) is 2. The van der Waals surface area contributed by atoms with Crippen LogP contribution in [-0.4, -0.2) is 70.1 Å². The van der Waals surface area contributed by atoms with Crippen molar-refractivity contribution in [2.45, 2.75) is 55.3 Å². The van der Waals surface area contributed by atoms with Gasteiger partial charge in [0.1, 0.15) is 5.82 Å². The van der Waals surface area contributed by atoms with E-state index in [4.69, 9.17) is 0 Å². The van der Waals surface area contributed by atoms with Crippen LogP contribution in [0.1, 0.15) is 60.9 Å². The molecule has 0 bridgehead atoms. The molecular formula is C25H34F3N5S. The number of rotatable bonds is 7. The molecule has 1 aromatic heterocycles. The first kappa shape index (κ1) is 24.1. The zero-order valence-corrected chi connectivity index (χ0v) is 20.8. The molecule has 1 saturated carbocycles. The highest BCUT2D eigenvalue weighted by atomic mass is 32.2. The number of piperidine rings is 1. The summed E-state index contributed by atoms with van der Waals surface area (Å²) >= 11 is 1.79. The predicted molar refractivity (Wildman–Crippen MR) is 128 cm³/mol. The van der Waals surface area contributed by atoms with Gasteiger partial charge in [-0.3, -0.25) is 0 Å². The van der Waals surface area contributed by atoms with Gasteiger partial charge in [-0.05, 0) is 94.4 Å². The molecule has 5 nitrogen and oxygen atoms in total. The summed E-state index contributed by atoms with van der Waals surface area (Å²) in [6.07, 6.45) is 1.38. The smallest absolute Gasteiger partial charge is 0.309 e. The van der Waals surface area contributed by atoms with Crippen LogP contribution in [0, 0.1) is 5.41 Å². The molecule has 186 valence electrons. The van der Waals surface area contributed by atoms with Gasteiger partial charge in [0.05, 0.1) is 5.56 Å². The maximum absolute atomic E-state index is 12.8. The number of hydrogen-bond donors (Lipinski definition) is 0. The van der Waals surface area contributed by atoms with Crippen molar-refractivity contribution in [1.29, 1.82) is 0 Å². The molecule has 1 aromatic carbocycles. The molecule has 34 heavy (non-hydrogen) atoms. The second-order valence-corrected chi connectivity index (χ2v) is 11.5. The summed E-state index contributed by atoms with van der Waals surface area (Å²) in [5.74, 6) is 3.07. The van der Waals surface area contributed by atoms with Crippen LogP contribution in [0.15, 0.2) is 29.4 Å². The van der Waals surface area contributed by atoms with Gasteiger partial charge in [-0.25, -0.2) is 0 Å². The van der Waals surface area contributed by atoms with Crippen LogP contribution in [0.2, 0.25) is 0 Å². The molecule has 0 N–H and O–H groups in total. The van der Waals surface area contributed by atoms with Gasteiger partial charge in [0, 0.05) is 25.3 Å². The third kappa shape index (κ3) is 5.02. The minimum absolute atomic E-state index is 0.277. The first-order chi connectivity index (χ1) is 16.2. The average molecular weight is 494 g/mol. The Morgan fingerprint density at radius 3 is 2.50 bits per heavy atom. The van der Waals surface area contributed by atoms with Gasteiger partial charge >= 0.3 is 6.18 Å². The van der Waals surface area contributed by atoms with Crippen molar-refractivity contribution in [3.8, 4) is 0 Å². The number of alkyl halides is 3. The fraction of sp³-hybridized carbons (Fsp3) is 0.680. The van der Waals surface area contributed by atoms with E-state index in [-0.39, 0.29) is 5.41 Å². The first-order valence-electron chi connectivity index (χ1n) is 12.4. The summed E-state index contributed by atoms with van der Waals surface area (Å²) in [5.41, 5.74) is 0.783. The van der Waals surface area contributed by atoms with Gasteiger partial charge in [0.15, 0.2) is 5.16 Å². The Hall–Kier alpha value is -1.58. The van der Waals surface area contributed by atoms with Gasteiger partial charge in [0.25, 0.3) is 0 Å². The van der Waals surface area contributed by atoms with E-state index in [9.17, 15) is 13.2 Å². The Labute approximate surface area is 204 Å². The highest BCUT2D eigenvalue weighted by Gasteiger charge is 2.57. The molecule has 0 amide bonds. The topological polar surface area (TPSA) is 37.2 Å². The molecule has 2 aromatic rings. The third-order valence-corrected chi connectivity index (χ3v) is 9.20. The van der Waals surface area contributed by atoms with E-state index in [0.717, 1.165) is 87.1 Å². The molecule has 1 aliphatic carbocycles. The van der Waals surface area contributed by atoms with E-state index < -0.39 is 11.7 Å². The Kier molecular flexibility index (Phi) is 6.72. The number of hydrogen-bond acceptors (Lipinski definition) is 5. The fourth-order valence-corrected chi connectivity index (χ4v) is 6.72. The monoisotopic (exact) mass is 493 g/mol. The highest BCUT2D eigenvalue weighted by Crippen LogP contribution is 2.64. The standard InChI is InChI=1S/C25H34F3N5S/c1-31-12-8-19(9-13-31)22-29-30-23(32(22)2)34-15-3-11-33-14-10-24(17-33)16-21(24)18-4-6-20(7-5-18)25(26,27)28/h4-7,19,21H,3,8-17H2,1-2H3. The van der Waals surface area contributed by atoms with Crippen molar-refractivity contribution in [1.82, 2.24) is 24.6 Å². The quantitative estimate of drug-likeness (QED) is 0.401. The number of aromatic nitrogens is 3. The van der Waals surface area contributed by atoms with Gasteiger partial charge in [-0.1, -0.05) is 23.9 Å². The summed E-state index contributed by atoms with van der Waals surface area (Å²) in [6, 6.07) is 5.83. The largest absolute Gasteiger partial charge is 0.416 e. The molecule has 2 unspecified atom stereocenters. The Bertz CT molecular complexity index is 983. The van der Waals surface area contributed by atoms with Crippen molar-refractivity contribution < 1.29 is 13.2 Å². The zero-order valence-electron chi connectivity index (χ0n) is 20.0. The van der Waals surface area contributed by atoms with Crippen LogP contribution < -0.4 is 0 Å². The molecular weight excluding hydrogens is 459 g/mol. The van der Waals surface area contributed by atoms with E-state index in [1.807, 2.05) is 0 Å². The lowest BCUT2D eigenvalue weighted by Gasteiger charge is -2.28. The molecule has 1 spiro atoms. The third-order valence-electron chi connectivity index (χ3n) is 8.10. The van der Waals surface area contributed by atoms with E-state index in [1.165, 1.54) is 12.1 Å². The second kappa shape index (κ2) is 9.47. The molecule has 0 radical (unpaired) electrons. The molecule has 5 rings (SSSR count). The first-order valence-corrected chi connectivity index (χ1v) is 13.3. The van der Waals surface area contributed by atoms with Crippen molar-refractivity contribution in [2.24, 2.45) is 12.5 Å². The van der Waals surface area contributed by atoms with Gasteiger partial charge in [0.2, 0.25) is 0 Å². The summed E-state index contributed by atoms with van der Waals surface area (Å²) in [7, 11) is 4.27. The molecule has 3 fully saturated rings. The zero-order chi connectivity index (χ0) is 23.9. The van der Waals surface area contributed by atoms with Crippen LogP contribution in [-0.2, 0) is 13.2 Å². The summed E-state index contributed by atoms with van der Waals surface area (Å²) in [5, 5.41) is 9.97. The molecule has 9 heteroatoms. The van der Waals surface area contributed by atoms with E-state index in [2.05, 4.69) is 38.7 Å². The van der Waals surface area contributed by atoms with Crippen LogP contribution in [0.25, 0.3) is 0 Å². The minimum atomic E-state index is -4.26. The fourth-order valence-electron chi connectivity index (χ4n) is 5.88. The maximum Gasteiger partial charge on any atom is 0.416 e. The number of nitrogens with zero attached hydrogens (tertiary/aromatic N) is 5. The SMILES string of the molecule is CN1CCC(c2nnc(SCCCN3CCC4(CC4c4ccc(C(F)(F)F)cc4)C3)n2C)CC1. The normalized spacial score (nSPS) is 26.6. The Balaban J connectivity index is 1.06.